The van der Waals surface area contributed by atoms with Gasteiger partial charge in [0.1, 0.15) is 5.69 Å². The minimum Gasteiger partial charge on any atom is -0.321 e. The number of H-pyrrole nitrogens is 1. The third kappa shape index (κ3) is 3.25. The van der Waals surface area contributed by atoms with Gasteiger partial charge in [-0.3, -0.25) is 20.1 Å². The van der Waals surface area contributed by atoms with Crippen LogP contribution in [-0.2, 0) is 4.79 Å². The molecule has 1 aromatic carbocycles. The van der Waals surface area contributed by atoms with Crippen LogP contribution < -0.4 is 16.2 Å². The van der Waals surface area contributed by atoms with Crippen LogP contribution >= 0.6 is 0 Å². The van der Waals surface area contributed by atoms with Crippen molar-refractivity contribution in [1.29, 1.82) is 0 Å². The maximum Gasteiger partial charge on any atom is 0.274 e. The van der Waals surface area contributed by atoms with Crippen molar-refractivity contribution in [2.24, 2.45) is 11.8 Å². The number of carbonyl (C=O) groups is 2. The van der Waals surface area contributed by atoms with E-state index in [9.17, 15) is 9.59 Å². The van der Waals surface area contributed by atoms with Gasteiger partial charge in [-0.15, -0.1) is 0 Å². The maximum atomic E-state index is 12.6. The van der Waals surface area contributed by atoms with Gasteiger partial charge in [0.15, 0.2) is 5.65 Å². The Morgan fingerprint density at radius 3 is 2.79 bits per heavy atom. The van der Waals surface area contributed by atoms with Gasteiger partial charge in [0.25, 0.3) is 5.91 Å². The largest absolute Gasteiger partial charge is 0.321 e. The van der Waals surface area contributed by atoms with Crippen molar-refractivity contribution in [3.63, 3.8) is 0 Å². The molecule has 2 aromatic heterocycles. The lowest BCUT2D eigenvalue weighted by Gasteiger charge is -2.41. The number of hydrazine groups is 1. The summed E-state index contributed by atoms with van der Waals surface area (Å²) >= 11 is 0. The molecule has 0 bridgehead atoms. The van der Waals surface area contributed by atoms with Crippen LogP contribution in [0.25, 0.3) is 11.0 Å². The Balaban J connectivity index is 1.32. The topological polar surface area (TPSA) is 112 Å². The van der Waals surface area contributed by atoms with Gasteiger partial charge >= 0.3 is 0 Å². The summed E-state index contributed by atoms with van der Waals surface area (Å²) in [6, 6.07) is 11.5. The van der Waals surface area contributed by atoms with Crippen LogP contribution in [0, 0.1) is 11.8 Å². The monoisotopic (exact) mass is 390 g/mol. The Morgan fingerprint density at radius 1 is 1.10 bits per heavy atom. The first-order chi connectivity index (χ1) is 14.2. The summed E-state index contributed by atoms with van der Waals surface area (Å²) in [5, 5.41) is 10.4. The number of hydrogen-bond donors (Lipinski definition) is 4. The number of benzene rings is 1. The van der Waals surface area contributed by atoms with Crippen LogP contribution in [0.5, 0.6) is 0 Å². The maximum absolute atomic E-state index is 12.6. The highest BCUT2D eigenvalue weighted by molar-refractivity contribution is 6.10. The number of aromatic amines is 1. The van der Waals surface area contributed by atoms with Crippen LogP contribution in [0.4, 0.5) is 5.69 Å². The summed E-state index contributed by atoms with van der Waals surface area (Å²) in [6.07, 6.45) is 5.92. The van der Waals surface area contributed by atoms with Crippen molar-refractivity contribution >= 4 is 28.5 Å². The van der Waals surface area contributed by atoms with Crippen molar-refractivity contribution < 1.29 is 9.59 Å². The lowest BCUT2D eigenvalue weighted by molar-refractivity contribution is -0.133. The Kier molecular flexibility index (Phi) is 4.48. The summed E-state index contributed by atoms with van der Waals surface area (Å²) in [6.45, 7) is 0. The smallest absolute Gasteiger partial charge is 0.274 e. The molecule has 1 aliphatic heterocycles. The summed E-state index contributed by atoms with van der Waals surface area (Å²) in [7, 11) is 0. The zero-order chi connectivity index (χ0) is 19.8. The van der Waals surface area contributed by atoms with Crippen molar-refractivity contribution in [2.45, 2.75) is 31.7 Å². The normalized spacial score (nSPS) is 24.0. The fourth-order valence-corrected chi connectivity index (χ4v) is 4.55. The third-order valence-corrected chi connectivity index (χ3v) is 6.02. The Labute approximate surface area is 167 Å². The molecule has 2 fully saturated rings. The molecule has 4 N–H and O–H groups in total. The molecule has 3 atom stereocenters. The van der Waals surface area contributed by atoms with Gasteiger partial charge in [0, 0.05) is 17.8 Å². The van der Waals surface area contributed by atoms with E-state index >= 15 is 0 Å². The molecule has 2 aliphatic rings. The van der Waals surface area contributed by atoms with Gasteiger partial charge < -0.3 is 5.32 Å². The van der Waals surface area contributed by atoms with Crippen LogP contribution in [0.1, 0.15) is 47.8 Å². The predicted octanol–water partition coefficient (Wildman–Crippen LogP) is 2.69. The van der Waals surface area contributed by atoms with Gasteiger partial charge in [-0.1, -0.05) is 25.0 Å². The Hall–Kier alpha value is -3.26. The quantitative estimate of drug-likeness (QED) is 0.549. The van der Waals surface area contributed by atoms with Gasteiger partial charge in [0.05, 0.1) is 11.4 Å². The van der Waals surface area contributed by atoms with E-state index in [1.165, 1.54) is 0 Å². The molecule has 1 saturated heterocycles. The minimum atomic E-state index is -0.261. The van der Waals surface area contributed by atoms with Gasteiger partial charge in [-0.2, -0.15) is 5.10 Å². The molecule has 5 rings (SSSR count). The van der Waals surface area contributed by atoms with E-state index in [0.717, 1.165) is 31.2 Å². The van der Waals surface area contributed by atoms with Crippen LogP contribution in [0.3, 0.4) is 0 Å². The van der Waals surface area contributed by atoms with E-state index in [1.807, 2.05) is 30.3 Å². The lowest BCUT2D eigenvalue weighted by Crippen LogP contribution is -2.55. The Bertz CT molecular complexity index is 1060. The second kappa shape index (κ2) is 7.29. The van der Waals surface area contributed by atoms with Crippen LogP contribution in [0.15, 0.2) is 42.6 Å². The molecule has 8 heteroatoms. The zero-order valence-electron chi connectivity index (χ0n) is 15.8. The van der Waals surface area contributed by atoms with Crippen molar-refractivity contribution in [2.75, 3.05) is 5.32 Å². The predicted molar refractivity (Wildman–Crippen MR) is 108 cm³/mol. The fraction of sp³-hybridized carbons (Fsp3) is 0.333. The number of nitrogens with zero attached hydrogens (tertiary/aromatic N) is 2. The third-order valence-electron chi connectivity index (χ3n) is 6.02. The average molecular weight is 390 g/mol. The van der Waals surface area contributed by atoms with E-state index in [2.05, 4.69) is 31.3 Å². The van der Waals surface area contributed by atoms with E-state index < -0.39 is 0 Å². The Morgan fingerprint density at radius 2 is 1.93 bits per heavy atom. The number of nitrogens with one attached hydrogen (secondary N) is 4. The second-order valence-electron chi connectivity index (χ2n) is 7.72. The van der Waals surface area contributed by atoms with Crippen molar-refractivity contribution in [3.8, 4) is 0 Å². The second-order valence-corrected chi connectivity index (χ2v) is 7.72. The molecule has 29 heavy (non-hydrogen) atoms. The SMILES string of the molecule is O=C(Nc1ccc(C2NNC(=O)C3CCCCC32)cc1)c1[nH]nc2ncccc12. The molecule has 3 aromatic rings. The molecule has 3 heterocycles. The van der Waals surface area contributed by atoms with Crippen molar-refractivity contribution in [3.05, 3.63) is 53.9 Å². The van der Waals surface area contributed by atoms with Crippen LogP contribution in [-0.4, -0.2) is 27.0 Å². The molecule has 148 valence electrons. The van der Waals surface area contributed by atoms with E-state index in [1.54, 1.807) is 12.3 Å². The van der Waals surface area contributed by atoms with E-state index in [-0.39, 0.29) is 23.8 Å². The van der Waals surface area contributed by atoms with E-state index in [4.69, 9.17) is 0 Å². The number of carbonyl (C=O) groups excluding carboxylic acids is 2. The molecule has 3 unspecified atom stereocenters. The summed E-state index contributed by atoms with van der Waals surface area (Å²) in [4.78, 5) is 28.9. The summed E-state index contributed by atoms with van der Waals surface area (Å²) in [5.41, 5.74) is 8.73. The molecule has 0 radical (unpaired) electrons. The molecule has 0 spiro atoms. The number of hydrogen-bond acceptors (Lipinski definition) is 5. The highest BCUT2D eigenvalue weighted by Gasteiger charge is 2.40. The minimum absolute atomic E-state index is 0.0802. The van der Waals surface area contributed by atoms with Crippen molar-refractivity contribution in [1.82, 2.24) is 26.0 Å². The standard InChI is InChI=1S/C21H22N6O2/c28-20-15-5-2-1-4-14(15)17(24-27-20)12-7-9-13(10-8-12)23-21(29)18-16-6-3-11-22-19(16)26-25-18/h3,6-11,14-15,17,24H,1-2,4-5H2,(H,23,29)(H,27,28)(H,22,25,26). The fourth-order valence-electron chi connectivity index (χ4n) is 4.55. The summed E-state index contributed by atoms with van der Waals surface area (Å²) in [5.74, 6) is 0.234. The van der Waals surface area contributed by atoms with E-state index in [0.29, 0.717) is 28.3 Å². The summed E-state index contributed by atoms with van der Waals surface area (Å²) < 4.78 is 0. The molecule has 2 amide bonds. The molecular weight excluding hydrogens is 368 g/mol. The van der Waals surface area contributed by atoms with Gasteiger partial charge in [-0.25, -0.2) is 10.4 Å². The average Bonchev–Trinajstić information content (AvgIpc) is 3.19. The van der Waals surface area contributed by atoms with Gasteiger partial charge in [-0.05, 0) is 48.6 Å². The molecular formula is C21H22N6O2. The zero-order valence-corrected chi connectivity index (χ0v) is 15.8. The number of amides is 2. The van der Waals surface area contributed by atoms with Crippen LogP contribution in [0.2, 0.25) is 0 Å². The first-order valence-corrected chi connectivity index (χ1v) is 9.96. The highest BCUT2D eigenvalue weighted by Crippen LogP contribution is 2.40. The lowest BCUT2D eigenvalue weighted by atomic mass is 9.72. The first-order valence-electron chi connectivity index (χ1n) is 9.96. The number of fused-ring (bicyclic) bond motifs is 2. The highest BCUT2D eigenvalue weighted by atomic mass is 16.2. The first kappa shape index (κ1) is 17.8. The van der Waals surface area contributed by atoms with Gasteiger partial charge in [0.2, 0.25) is 5.91 Å². The number of anilines is 1. The molecule has 1 saturated carbocycles. The number of pyridine rings is 1. The molecule has 1 aliphatic carbocycles. The molecule has 8 nitrogen and oxygen atoms in total. The number of rotatable bonds is 3. The number of aromatic nitrogens is 3.